The Balaban J connectivity index is 2.28. The number of alkyl halides is 3. The standard InChI is InChI=1S/C12H11BrF3NO4/c1-19-11(18)9(17-4-12(14,15)16)6-2-7(13)10-8(3-6)20-5-21-10/h2-3,9,17H,4-5H2,1H3. The van der Waals surface area contributed by atoms with Crippen molar-refractivity contribution in [3.8, 4) is 11.5 Å². The molecule has 1 N–H and O–H groups in total. The number of hydrogen-bond donors (Lipinski definition) is 1. The first kappa shape index (κ1) is 15.9. The maximum Gasteiger partial charge on any atom is 0.401 e. The molecular weight excluding hydrogens is 359 g/mol. The van der Waals surface area contributed by atoms with Gasteiger partial charge in [0.1, 0.15) is 6.04 Å². The van der Waals surface area contributed by atoms with E-state index >= 15 is 0 Å². The molecule has 1 aromatic rings. The third-order valence-corrected chi connectivity index (χ3v) is 3.32. The minimum absolute atomic E-state index is 0.0102. The van der Waals surface area contributed by atoms with Crippen LogP contribution in [0.4, 0.5) is 13.2 Å². The van der Waals surface area contributed by atoms with Gasteiger partial charge in [-0.3, -0.25) is 5.32 Å². The van der Waals surface area contributed by atoms with Gasteiger partial charge in [0.05, 0.1) is 18.1 Å². The summed E-state index contributed by atoms with van der Waals surface area (Å²) in [6.07, 6.45) is -4.44. The zero-order chi connectivity index (χ0) is 15.6. The van der Waals surface area contributed by atoms with Crippen molar-refractivity contribution in [2.75, 3.05) is 20.4 Å². The quantitative estimate of drug-likeness (QED) is 0.826. The minimum atomic E-state index is -4.44. The molecular formula is C12H11BrF3NO4. The van der Waals surface area contributed by atoms with E-state index in [1.807, 2.05) is 0 Å². The summed E-state index contributed by atoms with van der Waals surface area (Å²) in [5, 5.41) is 2.13. The summed E-state index contributed by atoms with van der Waals surface area (Å²) >= 11 is 3.22. The van der Waals surface area contributed by atoms with Gasteiger partial charge >= 0.3 is 12.1 Å². The van der Waals surface area contributed by atoms with Crippen molar-refractivity contribution in [3.63, 3.8) is 0 Å². The predicted molar refractivity (Wildman–Crippen MR) is 69.1 cm³/mol. The van der Waals surface area contributed by atoms with Crippen LogP contribution in [0.15, 0.2) is 16.6 Å². The minimum Gasteiger partial charge on any atom is -0.468 e. The normalized spacial score (nSPS) is 14.9. The van der Waals surface area contributed by atoms with Crippen LogP contribution in [-0.4, -0.2) is 32.6 Å². The van der Waals surface area contributed by atoms with E-state index in [0.29, 0.717) is 16.0 Å². The lowest BCUT2D eigenvalue weighted by atomic mass is 10.1. The van der Waals surface area contributed by atoms with Gasteiger partial charge in [-0.15, -0.1) is 0 Å². The van der Waals surface area contributed by atoms with Crippen LogP contribution in [-0.2, 0) is 9.53 Å². The monoisotopic (exact) mass is 369 g/mol. The molecule has 0 saturated carbocycles. The number of halogens is 4. The first-order valence-corrected chi connectivity index (χ1v) is 6.58. The maximum atomic E-state index is 12.3. The highest BCUT2D eigenvalue weighted by Gasteiger charge is 2.32. The molecule has 0 aromatic heterocycles. The third kappa shape index (κ3) is 3.79. The van der Waals surface area contributed by atoms with Gasteiger partial charge in [0.15, 0.2) is 11.5 Å². The zero-order valence-electron chi connectivity index (χ0n) is 10.8. The van der Waals surface area contributed by atoms with E-state index in [-0.39, 0.29) is 12.4 Å². The van der Waals surface area contributed by atoms with Gasteiger partial charge in [0.25, 0.3) is 0 Å². The number of fused-ring (bicyclic) bond motifs is 1. The summed E-state index contributed by atoms with van der Waals surface area (Å²) in [6, 6.07) is 1.67. The molecule has 0 bridgehead atoms. The van der Waals surface area contributed by atoms with E-state index in [2.05, 4.69) is 26.0 Å². The number of carbonyl (C=O) groups is 1. The van der Waals surface area contributed by atoms with E-state index < -0.39 is 24.7 Å². The second kappa shape index (κ2) is 6.10. The lowest BCUT2D eigenvalue weighted by Crippen LogP contribution is -2.36. The molecule has 1 aliphatic heterocycles. The van der Waals surface area contributed by atoms with Gasteiger partial charge in [-0.05, 0) is 33.6 Å². The van der Waals surface area contributed by atoms with Crippen LogP contribution < -0.4 is 14.8 Å². The lowest BCUT2D eigenvalue weighted by Gasteiger charge is -2.18. The van der Waals surface area contributed by atoms with Gasteiger partial charge < -0.3 is 14.2 Å². The summed E-state index contributed by atoms with van der Waals surface area (Å²) in [5.74, 6) is -0.0368. The highest BCUT2D eigenvalue weighted by atomic mass is 79.9. The highest BCUT2D eigenvalue weighted by molar-refractivity contribution is 9.10. The molecule has 9 heteroatoms. The van der Waals surface area contributed by atoms with Crippen LogP contribution in [0, 0.1) is 0 Å². The Hall–Kier alpha value is -1.48. The average Bonchev–Trinajstić information content (AvgIpc) is 2.86. The number of rotatable bonds is 4. The van der Waals surface area contributed by atoms with Crippen molar-refractivity contribution in [1.29, 1.82) is 0 Å². The van der Waals surface area contributed by atoms with E-state index in [4.69, 9.17) is 9.47 Å². The molecule has 0 fully saturated rings. The van der Waals surface area contributed by atoms with Crippen molar-refractivity contribution < 1.29 is 32.2 Å². The summed E-state index contributed by atoms with van der Waals surface area (Å²) in [7, 11) is 1.10. The lowest BCUT2D eigenvalue weighted by molar-refractivity contribution is -0.146. The second-order valence-electron chi connectivity index (χ2n) is 4.19. The van der Waals surface area contributed by atoms with E-state index in [1.54, 1.807) is 0 Å². The molecule has 1 unspecified atom stereocenters. The van der Waals surface area contributed by atoms with Gasteiger partial charge in [-0.25, -0.2) is 4.79 Å². The fraction of sp³-hybridized carbons (Fsp3) is 0.417. The molecule has 1 heterocycles. The smallest absolute Gasteiger partial charge is 0.401 e. The van der Waals surface area contributed by atoms with E-state index in [9.17, 15) is 18.0 Å². The summed E-state index contributed by atoms with van der Waals surface area (Å²) < 4.78 is 52.4. The molecule has 0 radical (unpaired) electrons. The van der Waals surface area contributed by atoms with Gasteiger partial charge in [0.2, 0.25) is 6.79 Å². The number of benzene rings is 1. The third-order valence-electron chi connectivity index (χ3n) is 2.73. The SMILES string of the molecule is COC(=O)C(NCC(F)(F)F)c1cc(Br)c2c(c1)OCO2. The van der Waals surface area contributed by atoms with Crippen LogP contribution >= 0.6 is 15.9 Å². The van der Waals surface area contributed by atoms with Crippen molar-refractivity contribution in [2.24, 2.45) is 0 Å². The molecule has 21 heavy (non-hydrogen) atoms. The number of nitrogens with one attached hydrogen (secondary N) is 1. The van der Waals surface area contributed by atoms with Gasteiger partial charge in [0, 0.05) is 0 Å². The van der Waals surface area contributed by atoms with Crippen LogP contribution in [0.3, 0.4) is 0 Å². The topological polar surface area (TPSA) is 56.8 Å². The Labute approximate surface area is 126 Å². The number of ether oxygens (including phenoxy) is 3. The van der Waals surface area contributed by atoms with Crippen LogP contribution in [0.25, 0.3) is 0 Å². The molecule has 116 valence electrons. The van der Waals surface area contributed by atoms with E-state index in [0.717, 1.165) is 7.11 Å². The summed E-state index contributed by atoms with van der Waals surface area (Å²) in [6.45, 7) is -1.31. The fourth-order valence-corrected chi connectivity index (χ4v) is 2.40. The number of hydrogen-bond acceptors (Lipinski definition) is 5. The molecule has 2 rings (SSSR count). The maximum absolute atomic E-state index is 12.3. The average molecular weight is 370 g/mol. The number of carbonyl (C=O) groups excluding carboxylic acids is 1. The molecule has 1 aromatic carbocycles. The van der Waals surface area contributed by atoms with Crippen LogP contribution in [0.1, 0.15) is 11.6 Å². The first-order chi connectivity index (χ1) is 9.81. The van der Waals surface area contributed by atoms with Crippen molar-refractivity contribution in [1.82, 2.24) is 5.32 Å². The highest BCUT2D eigenvalue weighted by Crippen LogP contribution is 2.41. The Morgan fingerprint density at radius 3 is 2.81 bits per heavy atom. The largest absolute Gasteiger partial charge is 0.468 e. The first-order valence-electron chi connectivity index (χ1n) is 5.79. The molecule has 0 amide bonds. The van der Waals surface area contributed by atoms with Crippen LogP contribution in [0.2, 0.25) is 0 Å². The molecule has 0 saturated heterocycles. The fourth-order valence-electron chi connectivity index (χ4n) is 1.83. The molecule has 1 aliphatic rings. The van der Waals surface area contributed by atoms with Gasteiger partial charge in [-0.1, -0.05) is 0 Å². The van der Waals surface area contributed by atoms with Crippen LogP contribution in [0.5, 0.6) is 11.5 Å². The predicted octanol–water partition coefficient (Wildman–Crippen LogP) is 2.54. The van der Waals surface area contributed by atoms with Gasteiger partial charge in [-0.2, -0.15) is 13.2 Å². The summed E-state index contributed by atoms with van der Waals surface area (Å²) in [5.41, 5.74) is 0.280. The molecule has 1 atom stereocenters. The Bertz CT molecular complexity index is 550. The molecule has 0 spiro atoms. The number of esters is 1. The van der Waals surface area contributed by atoms with Crippen molar-refractivity contribution in [3.05, 3.63) is 22.2 Å². The number of methoxy groups -OCH3 is 1. The Morgan fingerprint density at radius 2 is 2.19 bits per heavy atom. The Kier molecular flexibility index (Phi) is 4.62. The van der Waals surface area contributed by atoms with Crippen molar-refractivity contribution in [2.45, 2.75) is 12.2 Å². The molecule has 0 aliphatic carbocycles. The zero-order valence-corrected chi connectivity index (χ0v) is 12.4. The second-order valence-corrected chi connectivity index (χ2v) is 5.04. The van der Waals surface area contributed by atoms with Crippen molar-refractivity contribution >= 4 is 21.9 Å². The summed E-state index contributed by atoms with van der Waals surface area (Å²) in [4.78, 5) is 11.7. The van der Waals surface area contributed by atoms with E-state index in [1.165, 1.54) is 12.1 Å². The molecule has 5 nitrogen and oxygen atoms in total. The Morgan fingerprint density at radius 1 is 1.48 bits per heavy atom.